The topological polar surface area (TPSA) is 35.2 Å². The molecule has 2 nitrogen and oxygen atoms in total. The minimum Gasteiger partial charge on any atom is -0.489 e. The second-order valence-corrected chi connectivity index (χ2v) is 5.87. The predicted molar refractivity (Wildman–Crippen MR) is 81.9 cm³/mol. The molecular formula is C16H19NOS. The van der Waals surface area contributed by atoms with Crippen molar-refractivity contribution in [2.75, 3.05) is 5.73 Å². The van der Waals surface area contributed by atoms with E-state index in [4.69, 9.17) is 10.5 Å². The van der Waals surface area contributed by atoms with Gasteiger partial charge in [-0.25, -0.2) is 0 Å². The molecular weight excluding hydrogens is 254 g/mol. The smallest absolute Gasteiger partial charge is 0.143 e. The third kappa shape index (κ3) is 3.67. The highest BCUT2D eigenvalue weighted by Gasteiger charge is 2.08. The maximum atomic E-state index is 6.16. The van der Waals surface area contributed by atoms with Crippen molar-refractivity contribution in [3.05, 3.63) is 48.0 Å². The zero-order chi connectivity index (χ0) is 13.8. The average molecular weight is 273 g/mol. The molecule has 0 amide bonds. The molecule has 0 atom stereocenters. The molecule has 0 aliphatic heterocycles. The lowest BCUT2D eigenvalue weighted by molar-refractivity contribution is 0.243. The van der Waals surface area contributed by atoms with Crippen LogP contribution in [0.15, 0.2) is 52.3 Å². The van der Waals surface area contributed by atoms with Crippen molar-refractivity contribution in [3.63, 3.8) is 0 Å². The van der Waals surface area contributed by atoms with Crippen LogP contribution in [0.5, 0.6) is 5.75 Å². The summed E-state index contributed by atoms with van der Waals surface area (Å²) in [4.78, 5) is 2.21. The monoisotopic (exact) mass is 273 g/mol. The number of anilines is 1. The first kappa shape index (κ1) is 13.8. The van der Waals surface area contributed by atoms with Gasteiger partial charge in [0.25, 0.3) is 0 Å². The molecule has 0 saturated heterocycles. The first-order chi connectivity index (χ1) is 9.06. The molecule has 0 fully saturated rings. The maximum absolute atomic E-state index is 6.16. The second-order valence-electron chi connectivity index (χ2n) is 4.75. The molecule has 0 aromatic heterocycles. The van der Waals surface area contributed by atoms with E-state index in [-0.39, 0.29) is 6.10 Å². The summed E-state index contributed by atoms with van der Waals surface area (Å²) in [6.07, 6.45) is 0.127. The highest BCUT2D eigenvalue weighted by molar-refractivity contribution is 7.99. The number of nitrogens with two attached hydrogens (primary N) is 1. The van der Waals surface area contributed by atoms with E-state index in [2.05, 4.69) is 31.2 Å². The summed E-state index contributed by atoms with van der Waals surface area (Å²) in [5.74, 6) is 0.757. The zero-order valence-electron chi connectivity index (χ0n) is 11.5. The molecule has 2 aromatic carbocycles. The number of aryl methyl sites for hydroxylation is 1. The van der Waals surface area contributed by atoms with Crippen LogP contribution in [-0.2, 0) is 0 Å². The number of hydrogen-bond acceptors (Lipinski definition) is 3. The van der Waals surface area contributed by atoms with Crippen LogP contribution in [0, 0.1) is 6.92 Å². The molecule has 2 aromatic rings. The SMILES string of the molecule is Cc1ccc(Sc2cccc(OC(C)C)c2N)cc1. The number of rotatable bonds is 4. The van der Waals surface area contributed by atoms with Gasteiger partial charge in [-0.2, -0.15) is 0 Å². The Morgan fingerprint density at radius 3 is 2.37 bits per heavy atom. The van der Waals surface area contributed by atoms with Gasteiger partial charge in [-0.1, -0.05) is 35.5 Å². The van der Waals surface area contributed by atoms with Gasteiger partial charge < -0.3 is 10.5 Å². The number of nitrogen functional groups attached to an aromatic ring is 1. The summed E-state index contributed by atoms with van der Waals surface area (Å²) in [6.45, 7) is 6.08. The van der Waals surface area contributed by atoms with Gasteiger partial charge in [0.05, 0.1) is 11.8 Å². The van der Waals surface area contributed by atoms with Crippen molar-refractivity contribution in [1.82, 2.24) is 0 Å². The first-order valence-corrected chi connectivity index (χ1v) is 7.17. The summed E-state index contributed by atoms with van der Waals surface area (Å²) in [5, 5.41) is 0. The summed E-state index contributed by atoms with van der Waals surface area (Å²) in [6, 6.07) is 14.3. The summed E-state index contributed by atoms with van der Waals surface area (Å²) in [5.41, 5.74) is 8.13. The molecule has 0 heterocycles. The van der Waals surface area contributed by atoms with Crippen molar-refractivity contribution < 1.29 is 4.74 Å². The van der Waals surface area contributed by atoms with Crippen molar-refractivity contribution in [3.8, 4) is 5.75 Å². The lowest BCUT2D eigenvalue weighted by Crippen LogP contribution is -2.07. The summed E-state index contributed by atoms with van der Waals surface area (Å²) >= 11 is 1.66. The Morgan fingerprint density at radius 2 is 1.74 bits per heavy atom. The minimum atomic E-state index is 0.127. The summed E-state index contributed by atoms with van der Waals surface area (Å²) < 4.78 is 5.70. The Balaban J connectivity index is 2.23. The highest BCUT2D eigenvalue weighted by atomic mass is 32.2. The Morgan fingerprint density at radius 1 is 1.05 bits per heavy atom. The second kappa shape index (κ2) is 6.02. The molecule has 0 aliphatic rings. The van der Waals surface area contributed by atoms with Gasteiger partial charge in [-0.15, -0.1) is 0 Å². The lowest BCUT2D eigenvalue weighted by Gasteiger charge is -2.14. The van der Waals surface area contributed by atoms with Crippen molar-refractivity contribution in [2.45, 2.75) is 36.7 Å². The van der Waals surface area contributed by atoms with Crippen LogP contribution < -0.4 is 10.5 Å². The molecule has 3 heteroatoms. The largest absolute Gasteiger partial charge is 0.489 e. The Bertz CT molecular complexity index is 549. The number of para-hydroxylation sites is 1. The van der Waals surface area contributed by atoms with E-state index in [0.29, 0.717) is 5.69 Å². The quantitative estimate of drug-likeness (QED) is 0.832. The van der Waals surface area contributed by atoms with E-state index >= 15 is 0 Å². The average Bonchev–Trinajstić information content (AvgIpc) is 2.36. The fourth-order valence-electron chi connectivity index (χ4n) is 1.70. The molecule has 100 valence electrons. The van der Waals surface area contributed by atoms with Crippen LogP contribution in [0.4, 0.5) is 5.69 Å². The van der Waals surface area contributed by atoms with E-state index in [1.54, 1.807) is 11.8 Å². The summed E-state index contributed by atoms with van der Waals surface area (Å²) in [7, 11) is 0. The number of ether oxygens (including phenoxy) is 1. The van der Waals surface area contributed by atoms with Gasteiger partial charge in [0, 0.05) is 9.79 Å². The Labute approximate surface area is 119 Å². The van der Waals surface area contributed by atoms with E-state index < -0.39 is 0 Å². The van der Waals surface area contributed by atoms with Crippen LogP contribution in [0.25, 0.3) is 0 Å². The van der Waals surface area contributed by atoms with Crippen LogP contribution in [0.1, 0.15) is 19.4 Å². The van der Waals surface area contributed by atoms with E-state index in [1.165, 1.54) is 10.5 Å². The van der Waals surface area contributed by atoms with Gasteiger partial charge in [0.1, 0.15) is 5.75 Å². The third-order valence-corrected chi connectivity index (χ3v) is 3.72. The third-order valence-electron chi connectivity index (χ3n) is 2.64. The minimum absolute atomic E-state index is 0.127. The fourth-order valence-corrected chi connectivity index (χ4v) is 2.59. The Kier molecular flexibility index (Phi) is 4.38. The normalized spacial score (nSPS) is 10.7. The molecule has 0 bridgehead atoms. The zero-order valence-corrected chi connectivity index (χ0v) is 12.3. The first-order valence-electron chi connectivity index (χ1n) is 6.36. The van der Waals surface area contributed by atoms with Gasteiger partial charge in [0.15, 0.2) is 0 Å². The molecule has 2 rings (SSSR count). The van der Waals surface area contributed by atoms with Crippen molar-refractivity contribution >= 4 is 17.4 Å². The van der Waals surface area contributed by atoms with Crippen LogP contribution in [-0.4, -0.2) is 6.10 Å². The molecule has 2 N–H and O–H groups in total. The predicted octanol–water partition coefficient (Wildman–Crippen LogP) is 4.52. The standard InChI is InChI=1S/C16H19NOS/c1-11(2)18-14-5-4-6-15(16(14)17)19-13-9-7-12(3)8-10-13/h4-11H,17H2,1-3H3. The van der Waals surface area contributed by atoms with Crippen LogP contribution in [0.3, 0.4) is 0 Å². The van der Waals surface area contributed by atoms with Gasteiger partial charge >= 0.3 is 0 Å². The van der Waals surface area contributed by atoms with E-state index in [1.807, 2.05) is 32.0 Å². The van der Waals surface area contributed by atoms with Crippen molar-refractivity contribution in [2.24, 2.45) is 0 Å². The fraction of sp³-hybridized carbons (Fsp3) is 0.250. The molecule has 0 aliphatic carbocycles. The maximum Gasteiger partial charge on any atom is 0.143 e. The van der Waals surface area contributed by atoms with Gasteiger partial charge in [-0.05, 0) is 45.0 Å². The molecule has 0 unspecified atom stereocenters. The highest BCUT2D eigenvalue weighted by Crippen LogP contribution is 2.37. The Hall–Kier alpha value is -1.61. The van der Waals surface area contributed by atoms with Gasteiger partial charge in [-0.3, -0.25) is 0 Å². The van der Waals surface area contributed by atoms with Crippen LogP contribution in [0.2, 0.25) is 0 Å². The van der Waals surface area contributed by atoms with Crippen molar-refractivity contribution in [1.29, 1.82) is 0 Å². The number of benzene rings is 2. The lowest BCUT2D eigenvalue weighted by atomic mass is 10.2. The van der Waals surface area contributed by atoms with Crippen LogP contribution >= 0.6 is 11.8 Å². The molecule has 19 heavy (non-hydrogen) atoms. The molecule has 0 radical (unpaired) electrons. The van der Waals surface area contributed by atoms with E-state index in [0.717, 1.165) is 10.6 Å². The van der Waals surface area contributed by atoms with E-state index in [9.17, 15) is 0 Å². The van der Waals surface area contributed by atoms with Gasteiger partial charge in [0.2, 0.25) is 0 Å². The number of hydrogen-bond donors (Lipinski definition) is 1. The molecule has 0 saturated carbocycles. The molecule has 0 spiro atoms.